The minimum Gasteiger partial charge on any atom is -0.465 e. The van der Waals surface area contributed by atoms with Gasteiger partial charge < -0.3 is 4.74 Å². The second kappa shape index (κ2) is 7.36. The van der Waals surface area contributed by atoms with E-state index in [0.29, 0.717) is 11.6 Å². The van der Waals surface area contributed by atoms with Gasteiger partial charge in [0.05, 0.1) is 18.1 Å². The molecule has 1 aromatic heterocycles. The van der Waals surface area contributed by atoms with Crippen molar-refractivity contribution in [2.75, 3.05) is 11.0 Å². The van der Waals surface area contributed by atoms with E-state index in [1.54, 1.807) is 12.1 Å². The first-order valence-corrected chi connectivity index (χ1v) is 9.61. The van der Waals surface area contributed by atoms with Crippen molar-refractivity contribution in [3.05, 3.63) is 90.1 Å². The fourth-order valence-corrected chi connectivity index (χ4v) is 2.98. The monoisotopic (exact) mass is 354 g/mol. The number of anilines is 1. The highest BCUT2D eigenvalue weighted by Gasteiger charge is 2.16. The number of benzene rings is 2. The number of nitrogens with zero attached hydrogens (tertiary/aromatic N) is 1. The maximum absolute atomic E-state index is 11.3. The van der Waals surface area contributed by atoms with Crippen LogP contribution in [0.4, 0.5) is 5.69 Å². The second-order valence-electron chi connectivity index (χ2n) is 5.58. The van der Waals surface area contributed by atoms with Crippen molar-refractivity contribution in [3.63, 3.8) is 0 Å². The molecule has 0 aliphatic rings. The van der Waals surface area contributed by atoms with E-state index in [4.69, 9.17) is 4.74 Å². The third-order valence-electron chi connectivity index (χ3n) is 3.48. The van der Waals surface area contributed by atoms with Gasteiger partial charge in [0, 0.05) is 6.07 Å². The fraction of sp³-hybridized carbons (Fsp3) is 0.105. The number of sulfonamides is 1. The molecule has 0 bridgehead atoms. The number of ether oxygens (including phenoxy) is 1. The molecule has 2 aromatic carbocycles. The average molecular weight is 354 g/mol. The Hall–Kier alpha value is -2.86. The molecule has 128 valence electrons. The third kappa shape index (κ3) is 4.81. The van der Waals surface area contributed by atoms with Gasteiger partial charge in [0.15, 0.2) is 6.10 Å². The van der Waals surface area contributed by atoms with Crippen molar-refractivity contribution in [2.24, 2.45) is 0 Å². The predicted molar refractivity (Wildman–Crippen MR) is 98.1 cm³/mol. The zero-order valence-corrected chi connectivity index (χ0v) is 14.5. The van der Waals surface area contributed by atoms with E-state index in [2.05, 4.69) is 9.71 Å². The molecule has 0 unspecified atom stereocenters. The molecule has 1 N–H and O–H groups in total. The molecule has 0 amide bonds. The fourth-order valence-electron chi connectivity index (χ4n) is 2.43. The molecule has 1 heterocycles. The van der Waals surface area contributed by atoms with Gasteiger partial charge in [-0.05, 0) is 17.2 Å². The van der Waals surface area contributed by atoms with E-state index < -0.39 is 10.0 Å². The summed E-state index contributed by atoms with van der Waals surface area (Å²) in [6, 6.07) is 23.0. The van der Waals surface area contributed by atoms with Gasteiger partial charge in [0.2, 0.25) is 15.9 Å². The first kappa shape index (κ1) is 17.0. The van der Waals surface area contributed by atoms with E-state index in [-0.39, 0.29) is 6.10 Å². The lowest BCUT2D eigenvalue weighted by molar-refractivity contribution is 0.237. The first-order valence-electron chi connectivity index (χ1n) is 7.72. The zero-order chi connectivity index (χ0) is 17.7. The SMILES string of the molecule is CS(=O)(=O)Nc1ccc(OC(c2ccccc2)c2ccccc2)nc1. The Kier molecular flexibility index (Phi) is 5.00. The highest BCUT2D eigenvalue weighted by atomic mass is 32.2. The summed E-state index contributed by atoms with van der Waals surface area (Å²) < 4.78 is 31.0. The first-order chi connectivity index (χ1) is 12.0. The molecule has 3 rings (SSSR count). The standard InChI is InChI=1S/C19H18N2O3S/c1-25(22,23)21-17-12-13-18(20-14-17)24-19(15-8-4-2-5-9-15)16-10-6-3-7-11-16/h2-14,19,21H,1H3. The molecular formula is C19H18N2O3S. The van der Waals surface area contributed by atoms with Gasteiger partial charge in [0.25, 0.3) is 0 Å². The summed E-state index contributed by atoms with van der Waals surface area (Å²) in [6.45, 7) is 0. The lowest BCUT2D eigenvalue weighted by atomic mass is 10.0. The van der Waals surface area contributed by atoms with Crippen LogP contribution in [0.2, 0.25) is 0 Å². The molecule has 0 fully saturated rings. The quantitative estimate of drug-likeness (QED) is 0.734. The van der Waals surface area contributed by atoms with Crippen molar-refractivity contribution in [2.45, 2.75) is 6.10 Å². The van der Waals surface area contributed by atoms with E-state index in [1.807, 2.05) is 60.7 Å². The number of rotatable bonds is 6. The highest BCUT2D eigenvalue weighted by molar-refractivity contribution is 7.92. The summed E-state index contributed by atoms with van der Waals surface area (Å²) in [7, 11) is -3.33. The predicted octanol–water partition coefficient (Wildman–Crippen LogP) is 3.62. The molecule has 5 nitrogen and oxygen atoms in total. The summed E-state index contributed by atoms with van der Waals surface area (Å²) in [5.74, 6) is 0.414. The van der Waals surface area contributed by atoms with E-state index in [0.717, 1.165) is 17.4 Å². The molecule has 0 saturated carbocycles. The van der Waals surface area contributed by atoms with Gasteiger partial charge >= 0.3 is 0 Å². The maximum atomic E-state index is 11.3. The zero-order valence-electron chi connectivity index (χ0n) is 13.7. The number of hydrogen-bond donors (Lipinski definition) is 1. The number of hydrogen-bond acceptors (Lipinski definition) is 4. The summed E-state index contributed by atoms with van der Waals surface area (Å²) in [6.07, 6.45) is 2.23. The Balaban J connectivity index is 1.86. The van der Waals surface area contributed by atoms with Gasteiger partial charge in [-0.2, -0.15) is 0 Å². The molecule has 6 heteroatoms. The molecule has 0 spiro atoms. The van der Waals surface area contributed by atoms with Crippen LogP contribution < -0.4 is 9.46 Å². The lowest BCUT2D eigenvalue weighted by Gasteiger charge is -2.19. The van der Waals surface area contributed by atoms with Gasteiger partial charge in [-0.15, -0.1) is 0 Å². The third-order valence-corrected chi connectivity index (χ3v) is 4.09. The van der Waals surface area contributed by atoms with Crippen molar-refractivity contribution < 1.29 is 13.2 Å². The summed E-state index contributed by atoms with van der Waals surface area (Å²) >= 11 is 0. The van der Waals surface area contributed by atoms with Gasteiger partial charge in [-0.1, -0.05) is 60.7 Å². The van der Waals surface area contributed by atoms with Crippen molar-refractivity contribution in [1.29, 1.82) is 0 Å². The van der Waals surface area contributed by atoms with Crippen molar-refractivity contribution >= 4 is 15.7 Å². The van der Waals surface area contributed by atoms with E-state index in [1.165, 1.54) is 6.20 Å². The normalized spacial score (nSPS) is 11.3. The minimum atomic E-state index is -3.33. The van der Waals surface area contributed by atoms with Crippen LogP contribution in [0, 0.1) is 0 Å². The average Bonchev–Trinajstić information content (AvgIpc) is 2.61. The maximum Gasteiger partial charge on any atom is 0.229 e. The minimum absolute atomic E-state index is 0.302. The molecule has 0 atom stereocenters. The second-order valence-corrected chi connectivity index (χ2v) is 7.33. The Bertz CT molecular complexity index is 872. The molecule has 25 heavy (non-hydrogen) atoms. The molecule has 3 aromatic rings. The topological polar surface area (TPSA) is 68.3 Å². The Morgan fingerprint density at radius 1 is 0.880 bits per heavy atom. The van der Waals surface area contributed by atoms with Crippen LogP contribution in [-0.2, 0) is 10.0 Å². The number of nitrogens with one attached hydrogen (secondary N) is 1. The van der Waals surface area contributed by atoms with Crippen molar-refractivity contribution in [1.82, 2.24) is 4.98 Å². The number of aromatic nitrogens is 1. The van der Waals surface area contributed by atoms with Crippen LogP contribution >= 0.6 is 0 Å². The Labute approximate surface area is 147 Å². The van der Waals surface area contributed by atoms with Gasteiger partial charge in [-0.3, -0.25) is 4.72 Å². The molecule has 0 aliphatic heterocycles. The van der Waals surface area contributed by atoms with Crippen LogP contribution in [0.1, 0.15) is 17.2 Å². The Morgan fingerprint density at radius 3 is 1.88 bits per heavy atom. The highest BCUT2D eigenvalue weighted by Crippen LogP contribution is 2.27. The Morgan fingerprint density at radius 2 is 1.44 bits per heavy atom. The van der Waals surface area contributed by atoms with E-state index >= 15 is 0 Å². The summed E-state index contributed by atoms with van der Waals surface area (Å²) in [5.41, 5.74) is 2.41. The van der Waals surface area contributed by atoms with Crippen LogP contribution in [-0.4, -0.2) is 19.7 Å². The largest absolute Gasteiger partial charge is 0.465 e. The van der Waals surface area contributed by atoms with Crippen LogP contribution in [0.5, 0.6) is 5.88 Å². The van der Waals surface area contributed by atoms with E-state index in [9.17, 15) is 8.42 Å². The molecule has 0 radical (unpaired) electrons. The molecule has 0 saturated heterocycles. The van der Waals surface area contributed by atoms with Gasteiger partial charge in [-0.25, -0.2) is 13.4 Å². The van der Waals surface area contributed by atoms with Gasteiger partial charge in [0.1, 0.15) is 0 Å². The van der Waals surface area contributed by atoms with Crippen LogP contribution in [0.3, 0.4) is 0 Å². The summed E-state index contributed by atoms with van der Waals surface area (Å²) in [4.78, 5) is 4.20. The lowest BCUT2D eigenvalue weighted by Crippen LogP contribution is -2.11. The summed E-state index contributed by atoms with van der Waals surface area (Å²) in [5, 5.41) is 0. The molecular weight excluding hydrogens is 336 g/mol. The molecule has 0 aliphatic carbocycles. The van der Waals surface area contributed by atoms with Crippen LogP contribution in [0.25, 0.3) is 0 Å². The van der Waals surface area contributed by atoms with Crippen LogP contribution in [0.15, 0.2) is 79.0 Å². The smallest absolute Gasteiger partial charge is 0.229 e. The number of pyridine rings is 1. The van der Waals surface area contributed by atoms with Crippen molar-refractivity contribution in [3.8, 4) is 5.88 Å².